The third kappa shape index (κ3) is 4.68. The monoisotopic (exact) mass is 442 g/mol. The van der Waals surface area contributed by atoms with Crippen LogP contribution in [0.25, 0.3) is 0 Å². The summed E-state index contributed by atoms with van der Waals surface area (Å²) in [6.07, 6.45) is 2.59. The first-order valence-corrected chi connectivity index (χ1v) is 12.3. The summed E-state index contributed by atoms with van der Waals surface area (Å²) < 4.78 is 27.3. The Bertz CT molecular complexity index is 927. The van der Waals surface area contributed by atoms with Gasteiger partial charge in [0.1, 0.15) is 4.88 Å². The number of benzene rings is 1. The lowest BCUT2D eigenvalue weighted by Crippen LogP contribution is -2.33. The van der Waals surface area contributed by atoms with Crippen molar-refractivity contribution < 1.29 is 23.4 Å². The van der Waals surface area contributed by atoms with E-state index < -0.39 is 22.1 Å². The van der Waals surface area contributed by atoms with E-state index in [1.165, 1.54) is 22.3 Å². The molecule has 1 aliphatic rings. The molecule has 0 saturated carbocycles. The Morgan fingerprint density at radius 1 is 1.39 bits per heavy atom. The smallest absolute Gasteiger partial charge is 0.347 e. The first kappa shape index (κ1) is 21.1. The Hall–Kier alpha value is -1.62. The van der Waals surface area contributed by atoms with Gasteiger partial charge in [-0.1, -0.05) is 30.8 Å². The number of hydrogen-bond donors (Lipinski definition) is 2. The van der Waals surface area contributed by atoms with Crippen LogP contribution in [0.3, 0.4) is 0 Å². The molecule has 2 N–H and O–H groups in total. The summed E-state index contributed by atoms with van der Waals surface area (Å²) in [4.78, 5) is 15.2. The number of anilines is 1. The van der Waals surface area contributed by atoms with Gasteiger partial charge in [-0.25, -0.2) is 18.2 Å². The molecule has 0 amide bonds. The summed E-state index contributed by atoms with van der Waals surface area (Å²) in [5.74, 6) is -0.230. The average Bonchev–Trinajstić information content (AvgIpc) is 3.26. The van der Waals surface area contributed by atoms with E-state index in [0.29, 0.717) is 35.0 Å². The number of aliphatic hydroxyl groups excluding tert-OH is 1. The lowest BCUT2D eigenvalue weighted by molar-refractivity contribution is 0.0702. The summed E-state index contributed by atoms with van der Waals surface area (Å²) in [5.41, 5.74) is 1.38. The van der Waals surface area contributed by atoms with E-state index in [0.717, 1.165) is 16.9 Å². The van der Waals surface area contributed by atoms with Crippen molar-refractivity contribution in [3.63, 3.8) is 0 Å². The van der Waals surface area contributed by atoms with Crippen molar-refractivity contribution in [2.45, 2.75) is 42.7 Å². The van der Waals surface area contributed by atoms with Crippen LogP contribution < -0.4 is 4.31 Å². The van der Waals surface area contributed by atoms with Crippen molar-refractivity contribution >= 4 is 44.8 Å². The number of aromatic carboxylic acids is 1. The third-order valence-electron chi connectivity index (χ3n) is 4.63. The molecular weight excluding hydrogens is 420 g/mol. The van der Waals surface area contributed by atoms with Crippen molar-refractivity contribution in [3.05, 3.63) is 40.9 Å². The van der Waals surface area contributed by atoms with E-state index in [4.69, 9.17) is 5.11 Å². The topological polar surface area (TPSA) is 108 Å². The van der Waals surface area contributed by atoms with E-state index in [2.05, 4.69) is 4.98 Å². The van der Waals surface area contributed by atoms with Crippen LogP contribution in [0.2, 0.25) is 0 Å². The minimum atomic E-state index is -3.36. The molecule has 1 aliphatic heterocycles. The van der Waals surface area contributed by atoms with Gasteiger partial charge in [0.25, 0.3) is 0 Å². The number of carbonyl (C=O) groups is 1. The van der Waals surface area contributed by atoms with Crippen LogP contribution in [0.1, 0.15) is 47.5 Å². The molecule has 2 atom stereocenters. The molecule has 2 heterocycles. The predicted octanol–water partition coefficient (Wildman–Crippen LogP) is 3.38. The maximum Gasteiger partial charge on any atom is 0.347 e. The Labute approximate surface area is 172 Å². The molecule has 0 bridgehead atoms. The summed E-state index contributed by atoms with van der Waals surface area (Å²) in [7, 11) is -3.36. The quantitative estimate of drug-likeness (QED) is 0.603. The molecule has 0 spiro atoms. The molecule has 28 heavy (non-hydrogen) atoms. The summed E-state index contributed by atoms with van der Waals surface area (Å²) in [5, 5.41) is 18.9. The van der Waals surface area contributed by atoms with Gasteiger partial charge in [0, 0.05) is 11.8 Å². The normalized spacial score (nSPS) is 19.6. The maximum atomic E-state index is 12.6. The standard InChI is InChI=1S/C18H22N2O5S3/c1-2-15(21)12-3-5-13(6-4-12)20-14(8-10-28(20,24)25)7-9-26-18-19-11-16(27-18)17(22)23/h3-6,11,14-15,21H,2,7-10H2,1H3,(H,22,23). The third-order valence-corrected chi connectivity index (χ3v) is 8.67. The van der Waals surface area contributed by atoms with Gasteiger partial charge < -0.3 is 10.2 Å². The molecule has 7 nitrogen and oxygen atoms in total. The highest BCUT2D eigenvalue weighted by molar-refractivity contribution is 8.01. The SMILES string of the molecule is CCC(O)c1ccc(N2C(CCSc3ncc(C(=O)O)s3)CCS2(=O)=O)cc1. The number of thiazole rings is 1. The molecule has 1 aromatic heterocycles. The number of rotatable bonds is 8. The highest BCUT2D eigenvalue weighted by Gasteiger charge is 2.37. The van der Waals surface area contributed by atoms with Crippen LogP contribution >= 0.6 is 23.1 Å². The first-order valence-electron chi connectivity index (χ1n) is 8.94. The van der Waals surface area contributed by atoms with E-state index in [1.54, 1.807) is 24.3 Å². The van der Waals surface area contributed by atoms with Crippen molar-refractivity contribution in [2.75, 3.05) is 15.8 Å². The zero-order chi connectivity index (χ0) is 20.3. The molecule has 0 aliphatic carbocycles. The fourth-order valence-corrected chi connectivity index (χ4v) is 6.95. The van der Waals surface area contributed by atoms with E-state index >= 15 is 0 Å². The van der Waals surface area contributed by atoms with Gasteiger partial charge in [-0.05, 0) is 37.0 Å². The lowest BCUT2D eigenvalue weighted by atomic mass is 10.1. The number of sulfonamides is 1. The van der Waals surface area contributed by atoms with E-state index in [9.17, 15) is 18.3 Å². The molecule has 2 aromatic rings. The number of carboxylic acids is 1. The number of nitrogens with zero attached hydrogens (tertiary/aromatic N) is 2. The van der Waals surface area contributed by atoms with Gasteiger partial charge in [-0.3, -0.25) is 4.31 Å². The van der Waals surface area contributed by atoms with Crippen LogP contribution in [0.4, 0.5) is 5.69 Å². The Morgan fingerprint density at radius 3 is 2.71 bits per heavy atom. The predicted molar refractivity (Wildman–Crippen MR) is 111 cm³/mol. The Morgan fingerprint density at radius 2 is 2.11 bits per heavy atom. The molecule has 1 fully saturated rings. The van der Waals surface area contributed by atoms with E-state index in [1.807, 2.05) is 6.92 Å². The van der Waals surface area contributed by atoms with Crippen molar-refractivity contribution in [3.8, 4) is 0 Å². The van der Waals surface area contributed by atoms with Gasteiger partial charge >= 0.3 is 5.97 Å². The highest BCUT2D eigenvalue weighted by Crippen LogP contribution is 2.33. The highest BCUT2D eigenvalue weighted by atomic mass is 32.2. The molecule has 3 rings (SSSR count). The molecular formula is C18H22N2O5S3. The summed E-state index contributed by atoms with van der Waals surface area (Å²) in [6, 6.07) is 6.89. The summed E-state index contributed by atoms with van der Waals surface area (Å²) >= 11 is 2.57. The minimum absolute atomic E-state index is 0.113. The van der Waals surface area contributed by atoms with Crippen LogP contribution in [0, 0.1) is 0 Å². The number of aliphatic hydroxyl groups is 1. The number of hydrogen-bond acceptors (Lipinski definition) is 7. The second kappa shape index (κ2) is 8.81. The largest absolute Gasteiger partial charge is 0.477 e. The van der Waals surface area contributed by atoms with Crippen molar-refractivity contribution in [1.29, 1.82) is 0 Å². The van der Waals surface area contributed by atoms with Crippen LogP contribution in [0.5, 0.6) is 0 Å². The first-order chi connectivity index (χ1) is 13.3. The van der Waals surface area contributed by atoms with Crippen molar-refractivity contribution in [2.24, 2.45) is 0 Å². The second-order valence-electron chi connectivity index (χ2n) is 6.50. The average molecular weight is 443 g/mol. The molecule has 2 unspecified atom stereocenters. The second-order valence-corrected chi connectivity index (χ2v) is 10.8. The molecule has 10 heteroatoms. The number of thioether (sulfide) groups is 1. The minimum Gasteiger partial charge on any atom is -0.477 e. The van der Waals surface area contributed by atoms with Gasteiger partial charge in [-0.15, -0.1) is 11.3 Å². The lowest BCUT2D eigenvalue weighted by Gasteiger charge is -2.25. The van der Waals surface area contributed by atoms with Gasteiger partial charge in [-0.2, -0.15) is 0 Å². The van der Waals surface area contributed by atoms with Crippen LogP contribution in [-0.2, 0) is 10.0 Å². The van der Waals surface area contributed by atoms with Crippen LogP contribution in [-0.4, -0.2) is 47.1 Å². The fraction of sp³-hybridized carbons (Fsp3) is 0.444. The van der Waals surface area contributed by atoms with E-state index in [-0.39, 0.29) is 16.7 Å². The molecule has 152 valence electrons. The molecule has 0 radical (unpaired) electrons. The Kier molecular flexibility index (Phi) is 6.64. The summed E-state index contributed by atoms with van der Waals surface area (Å²) in [6.45, 7) is 1.89. The number of aromatic nitrogens is 1. The molecule has 1 aromatic carbocycles. The Balaban J connectivity index is 1.67. The van der Waals surface area contributed by atoms with Gasteiger partial charge in [0.05, 0.1) is 23.7 Å². The number of carboxylic acid groups (broad SMARTS) is 1. The van der Waals surface area contributed by atoms with Crippen molar-refractivity contribution in [1.82, 2.24) is 4.98 Å². The zero-order valence-electron chi connectivity index (χ0n) is 15.3. The molecule has 1 saturated heterocycles. The van der Waals surface area contributed by atoms with Gasteiger partial charge in [0.15, 0.2) is 4.34 Å². The fourth-order valence-electron chi connectivity index (χ4n) is 3.15. The zero-order valence-corrected chi connectivity index (χ0v) is 17.8. The maximum absolute atomic E-state index is 12.6. The van der Waals surface area contributed by atoms with Crippen LogP contribution in [0.15, 0.2) is 34.8 Å². The van der Waals surface area contributed by atoms with Gasteiger partial charge in [0.2, 0.25) is 10.0 Å².